The zero-order valence-electron chi connectivity index (χ0n) is 13.4. The van der Waals surface area contributed by atoms with Crippen LogP contribution >= 0.6 is 7.80 Å². The Morgan fingerprint density at radius 3 is 2.24 bits per heavy atom. The van der Waals surface area contributed by atoms with Crippen LogP contribution in [0, 0.1) is 19.3 Å². The van der Waals surface area contributed by atoms with E-state index >= 15 is 0 Å². The van der Waals surface area contributed by atoms with Gasteiger partial charge in [-0.25, -0.2) is 0 Å². The summed E-state index contributed by atoms with van der Waals surface area (Å²) in [5.74, 6) is 0. The third-order valence-corrected chi connectivity index (χ3v) is 5.79. The Balaban J connectivity index is 2.38. The van der Waals surface area contributed by atoms with Gasteiger partial charge in [-0.3, -0.25) is 4.79 Å². The molecule has 0 aromatic heterocycles. The molecule has 112 valence electrons. The minimum absolute atomic E-state index is 0.0807. The molecule has 1 atom stereocenters. The van der Waals surface area contributed by atoms with E-state index in [1.165, 1.54) is 0 Å². The number of aryl methyl sites for hydroxylation is 2. The molecule has 0 saturated carbocycles. The summed E-state index contributed by atoms with van der Waals surface area (Å²) in [6.07, 6.45) is 4.82. The lowest BCUT2D eigenvalue weighted by Gasteiger charge is -2.26. The zero-order valence-corrected chi connectivity index (χ0v) is 14.4. The SMILES string of the molecule is CC1=C([PH](=O)C(=O)c2c(C)cccc2C)C=CC(C)(C)C1. The van der Waals surface area contributed by atoms with E-state index in [1.807, 2.05) is 45.0 Å². The van der Waals surface area contributed by atoms with Crippen LogP contribution < -0.4 is 0 Å². The molecule has 1 aromatic rings. The first-order chi connectivity index (χ1) is 9.73. The van der Waals surface area contributed by atoms with Crippen molar-refractivity contribution in [1.82, 2.24) is 0 Å². The normalized spacial score (nSPS) is 18.7. The lowest BCUT2D eigenvalue weighted by molar-refractivity contribution is 0.107. The van der Waals surface area contributed by atoms with E-state index in [1.54, 1.807) is 0 Å². The van der Waals surface area contributed by atoms with Crippen molar-refractivity contribution in [3.8, 4) is 0 Å². The summed E-state index contributed by atoms with van der Waals surface area (Å²) in [4.78, 5) is 12.7. The van der Waals surface area contributed by atoms with E-state index in [2.05, 4.69) is 19.9 Å². The first-order valence-corrected chi connectivity index (χ1v) is 8.68. The van der Waals surface area contributed by atoms with E-state index in [0.717, 1.165) is 28.4 Å². The van der Waals surface area contributed by atoms with Crippen LogP contribution in [0.25, 0.3) is 0 Å². The van der Waals surface area contributed by atoms with E-state index in [9.17, 15) is 9.36 Å². The molecule has 0 fully saturated rings. The van der Waals surface area contributed by atoms with Crippen molar-refractivity contribution in [3.05, 3.63) is 57.9 Å². The molecule has 0 N–H and O–H groups in total. The maximum absolute atomic E-state index is 12.8. The van der Waals surface area contributed by atoms with Crippen molar-refractivity contribution in [3.63, 3.8) is 0 Å². The highest BCUT2D eigenvalue weighted by Gasteiger charge is 2.27. The molecule has 0 saturated heterocycles. The van der Waals surface area contributed by atoms with Crippen LogP contribution in [-0.4, -0.2) is 5.52 Å². The number of benzene rings is 1. The van der Waals surface area contributed by atoms with Crippen molar-refractivity contribution in [2.24, 2.45) is 5.41 Å². The Kier molecular flexibility index (Phi) is 4.39. The van der Waals surface area contributed by atoms with Crippen molar-refractivity contribution in [2.45, 2.75) is 41.0 Å². The third-order valence-electron chi connectivity index (χ3n) is 4.04. The summed E-state index contributed by atoms with van der Waals surface area (Å²) in [5.41, 5.74) is 3.37. The molecule has 0 amide bonds. The van der Waals surface area contributed by atoms with Gasteiger partial charge in [-0.2, -0.15) is 0 Å². The molecule has 0 radical (unpaired) electrons. The molecular formula is C18H23O2P. The highest BCUT2D eigenvalue weighted by atomic mass is 31.1. The van der Waals surface area contributed by atoms with Gasteiger partial charge < -0.3 is 4.57 Å². The summed E-state index contributed by atoms with van der Waals surface area (Å²) in [5, 5.41) is 0.743. The fraction of sp³-hybridized carbons (Fsp3) is 0.389. The van der Waals surface area contributed by atoms with Crippen LogP contribution in [0.5, 0.6) is 0 Å². The summed E-state index contributed by atoms with van der Waals surface area (Å²) in [6, 6.07) is 5.72. The van der Waals surface area contributed by atoms with Crippen molar-refractivity contribution < 1.29 is 9.36 Å². The van der Waals surface area contributed by atoms with Crippen LogP contribution in [0.2, 0.25) is 0 Å². The Morgan fingerprint density at radius 1 is 1.14 bits per heavy atom. The molecule has 21 heavy (non-hydrogen) atoms. The highest BCUT2D eigenvalue weighted by Crippen LogP contribution is 2.46. The predicted molar refractivity (Wildman–Crippen MR) is 89.5 cm³/mol. The van der Waals surface area contributed by atoms with E-state index in [4.69, 9.17) is 0 Å². The standard InChI is InChI=1S/C18H23O2P/c1-12-7-6-8-13(2)16(12)17(19)21(20)15-9-10-18(4,5)11-14(15)3/h6-10,21H,11H2,1-5H3. The fourth-order valence-corrected chi connectivity index (χ4v) is 4.54. The molecule has 1 aliphatic rings. The summed E-state index contributed by atoms with van der Waals surface area (Å²) in [6.45, 7) is 10.1. The van der Waals surface area contributed by atoms with Gasteiger partial charge in [0.25, 0.3) is 0 Å². The molecular weight excluding hydrogens is 279 g/mol. The predicted octanol–water partition coefficient (Wildman–Crippen LogP) is 5.26. The number of hydrogen-bond acceptors (Lipinski definition) is 2. The first-order valence-electron chi connectivity index (χ1n) is 7.27. The van der Waals surface area contributed by atoms with Gasteiger partial charge >= 0.3 is 0 Å². The van der Waals surface area contributed by atoms with Crippen LogP contribution in [0.4, 0.5) is 0 Å². The lowest BCUT2D eigenvalue weighted by Crippen LogP contribution is -2.12. The average molecular weight is 302 g/mol. The number of allylic oxidation sites excluding steroid dienone is 4. The highest BCUT2D eigenvalue weighted by molar-refractivity contribution is 7.68. The second-order valence-corrected chi connectivity index (χ2v) is 8.27. The smallest absolute Gasteiger partial charge is 0.223 e. The Hall–Kier alpha value is -1.40. The minimum Gasteiger partial charge on any atom is -0.313 e. The van der Waals surface area contributed by atoms with Gasteiger partial charge in [0.1, 0.15) is 0 Å². The van der Waals surface area contributed by atoms with E-state index in [-0.39, 0.29) is 10.9 Å². The second-order valence-electron chi connectivity index (χ2n) is 6.62. The molecule has 0 heterocycles. The number of carbonyl (C=O) groups is 1. The van der Waals surface area contributed by atoms with E-state index < -0.39 is 7.80 Å². The lowest BCUT2D eigenvalue weighted by atomic mass is 9.82. The van der Waals surface area contributed by atoms with Gasteiger partial charge in [-0.15, -0.1) is 0 Å². The molecule has 1 aromatic carbocycles. The Bertz CT molecular complexity index is 658. The quantitative estimate of drug-likeness (QED) is 0.713. The monoisotopic (exact) mass is 302 g/mol. The first kappa shape index (κ1) is 16.0. The van der Waals surface area contributed by atoms with Crippen LogP contribution in [0.3, 0.4) is 0 Å². The number of carbonyl (C=O) groups excluding carboxylic acids is 1. The molecule has 3 heteroatoms. The Morgan fingerprint density at radius 2 is 1.71 bits per heavy atom. The van der Waals surface area contributed by atoms with Gasteiger partial charge in [0.05, 0.1) is 0 Å². The van der Waals surface area contributed by atoms with E-state index in [0.29, 0.717) is 5.56 Å². The molecule has 0 aliphatic heterocycles. The molecule has 1 unspecified atom stereocenters. The minimum atomic E-state index is -2.46. The summed E-state index contributed by atoms with van der Waals surface area (Å²) >= 11 is 0. The summed E-state index contributed by atoms with van der Waals surface area (Å²) < 4.78 is 12.8. The van der Waals surface area contributed by atoms with Gasteiger partial charge in [0, 0.05) is 10.9 Å². The van der Waals surface area contributed by atoms with Gasteiger partial charge in [0.2, 0.25) is 5.52 Å². The average Bonchev–Trinajstić information content (AvgIpc) is 2.36. The largest absolute Gasteiger partial charge is 0.313 e. The zero-order chi connectivity index (χ0) is 15.8. The fourth-order valence-electron chi connectivity index (χ4n) is 2.97. The second kappa shape index (κ2) is 5.77. The summed E-state index contributed by atoms with van der Waals surface area (Å²) in [7, 11) is -2.46. The topological polar surface area (TPSA) is 34.1 Å². The third kappa shape index (κ3) is 3.27. The molecule has 2 rings (SSSR count). The Labute approximate surface area is 127 Å². The molecule has 1 aliphatic carbocycles. The van der Waals surface area contributed by atoms with Crippen LogP contribution in [-0.2, 0) is 4.57 Å². The molecule has 0 bridgehead atoms. The van der Waals surface area contributed by atoms with Gasteiger partial charge in [-0.05, 0) is 43.7 Å². The van der Waals surface area contributed by atoms with Crippen molar-refractivity contribution in [2.75, 3.05) is 0 Å². The maximum atomic E-state index is 12.8. The molecule has 2 nitrogen and oxygen atoms in total. The molecule has 0 spiro atoms. The van der Waals surface area contributed by atoms with Gasteiger partial charge in [-0.1, -0.05) is 49.8 Å². The van der Waals surface area contributed by atoms with Crippen molar-refractivity contribution in [1.29, 1.82) is 0 Å². The maximum Gasteiger partial charge on any atom is 0.223 e. The van der Waals surface area contributed by atoms with Gasteiger partial charge in [0.15, 0.2) is 7.80 Å². The number of rotatable bonds is 3. The van der Waals surface area contributed by atoms with Crippen molar-refractivity contribution >= 4 is 13.3 Å². The number of hydrogen-bond donors (Lipinski definition) is 0. The van der Waals surface area contributed by atoms with Crippen LogP contribution in [0.1, 0.15) is 48.7 Å². The van der Waals surface area contributed by atoms with Crippen LogP contribution in [0.15, 0.2) is 41.2 Å².